The first kappa shape index (κ1) is 14.2. The number of aromatic nitrogens is 4. The van der Waals surface area contributed by atoms with Crippen molar-refractivity contribution in [3.8, 4) is 0 Å². The fourth-order valence-electron chi connectivity index (χ4n) is 1.92. The molecule has 2 aromatic heterocycles. The first-order valence-corrected chi connectivity index (χ1v) is 8.35. The highest BCUT2D eigenvalue weighted by Gasteiger charge is 2.20. The van der Waals surface area contributed by atoms with E-state index < -0.39 is 10.0 Å². The zero-order chi connectivity index (χ0) is 14.7. The molecule has 0 radical (unpaired) electrons. The highest BCUT2D eigenvalue weighted by Crippen LogP contribution is 2.18. The third-order valence-corrected chi connectivity index (χ3v) is 4.61. The van der Waals surface area contributed by atoms with Gasteiger partial charge in [0.1, 0.15) is 10.7 Å². The second kappa shape index (κ2) is 5.96. The van der Waals surface area contributed by atoms with Gasteiger partial charge in [-0.3, -0.25) is 4.68 Å². The lowest BCUT2D eigenvalue weighted by Crippen LogP contribution is -2.24. The highest BCUT2D eigenvalue weighted by atomic mass is 32.2. The van der Waals surface area contributed by atoms with Gasteiger partial charge in [-0.2, -0.15) is 5.10 Å². The molecule has 0 unspecified atom stereocenters. The van der Waals surface area contributed by atoms with Crippen LogP contribution in [0.5, 0.6) is 0 Å². The van der Waals surface area contributed by atoms with Crippen LogP contribution < -0.4 is 10.0 Å². The van der Waals surface area contributed by atoms with E-state index in [-0.39, 0.29) is 11.4 Å². The molecule has 2 heterocycles. The zero-order valence-electron chi connectivity index (χ0n) is 11.5. The van der Waals surface area contributed by atoms with Gasteiger partial charge in [0, 0.05) is 31.2 Å². The Hall–Kier alpha value is -1.71. The fraction of sp³-hybridized carbons (Fsp3) is 0.500. The summed E-state index contributed by atoms with van der Waals surface area (Å²) in [4.78, 5) is 6.98. The van der Waals surface area contributed by atoms with Gasteiger partial charge < -0.3 is 10.3 Å². The van der Waals surface area contributed by atoms with Crippen LogP contribution in [0.4, 0.5) is 0 Å². The maximum absolute atomic E-state index is 12.1. The van der Waals surface area contributed by atoms with Gasteiger partial charge in [0.25, 0.3) is 0 Å². The first-order chi connectivity index (χ1) is 10.1. The van der Waals surface area contributed by atoms with Crippen molar-refractivity contribution in [1.82, 2.24) is 29.8 Å². The van der Waals surface area contributed by atoms with Gasteiger partial charge in [0.15, 0.2) is 0 Å². The SMILES string of the molecule is O=S(=O)(NCc1ncc[nH]1)c1cnn(CCNC2CC2)c1. The van der Waals surface area contributed by atoms with Crippen molar-refractivity contribution in [3.63, 3.8) is 0 Å². The monoisotopic (exact) mass is 310 g/mol. The van der Waals surface area contributed by atoms with E-state index in [9.17, 15) is 8.42 Å². The standard InChI is InChI=1S/C12H18N6O2S/c19-21(20,17-8-12-14-3-4-15-12)11-7-16-18(9-11)6-5-13-10-1-2-10/h3-4,7,9-10,13,17H,1-2,5-6,8H2,(H,14,15). The van der Waals surface area contributed by atoms with Crippen LogP contribution in [-0.4, -0.2) is 40.8 Å². The van der Waals surface area contributed by atoms with Gasteiger partial charge in [-0.25, -0.2) is 18.1 Å². The quantitative estimate of drug-likeness (QED) is 0.628. The van der Waals surface area contributed by atoms with E-state index >= 15 is 0 Å². The lowest BCUT2D eigenvalue weighted by molar-refractivity contribution is 0.551. The van der Waals surface area contributed by atoms with Gasteiger partial charge in [-0.1, -0.05) is 0 Å². The maximum atomic E-state index is 12.1. The molecule has 9 heteroatoms. The van der Waals surface area contributed by atoms with E-state index in [4.69, 9.17) is 0 Å². The van der Waals surface area contributed by atoms with Crippen LogP contribution in [0.15, 0.2) is 29.7 Å². The number of nitrogens with zero attached hydrogens (tertiary/aromatic N) is 3. The Morgan fingerprint density at radius 3 is 3.00 bits per heavy atom. The highest BCUT2D eigenvalue weighted by molar-refractivity contribution is 7.89. The smallest absolute Gasteiger partial charge is 0.244 e. The van der Waals surface area contributed by atoms with Crippen LogP contribution in [0.3, 0.4) is 0 Å². The number of hydrogen-bond donors (Lipinski definition) is 3. The molecule has 114 valence electrons. The summed E-state index contributed by atoms with van der Waals surface area (Å²) in [5.74, 6) is 0.569. The van der Waals surface area contributed by atoms with Crippen LogP contribution in [0, 0.1) is 0 Å². The summed E-state index contributed by atoms with van der Waals surface area (Å²) in [6.45, 7) is 1.58. The van der Waals surface area contributed by atoms with Crippen LogP contribution in [0.25, 0.3) is 0 Å². The Balaban J connectivity index is 1.55. The van der Waals surface area contributed by atoms with Crippen molar-refractivity contribution in [1.29, 1.82) is 0 Å². The molecule has 3 rings (SSSR count). The van der Waals surface area contributed by atoms with Gasteiger partial charge >= 0.3 is 0 Å². The van der Waals surface area contributed by atoms with Gasteiger partial charge in [-0.05, 0) is 12.8 Å². The summed E-state index contributed by atoms with van der Waals surface area (Å²) in [6, 6.07) is 0.638. The maximum Gasteiger partial charge on any atom is 0.244 e. The number of rotatable bonds is 8. The van der Waals surface area contributed by atoms with Crippen LogP contribution in [-0.2, 0) is 23.1 Å². The molecule has 0 bridgehead atoms. The Morgan fingerprint density at radius 1 is 1.43 bits per heavy atom. The molecule has 0 atom stereocenters. The predicted octanol–water partition coefficient (Wildman–Crippen LogP) is -0.163. The summed E-state index contributed by atoms with van der Waals surface area (Å²) in [5.41, 5.74) is 0. The molecule has 0 aromatic carbocycles. The molecule has 0 saturated heterocycles. The largest absolute Gasteiger partial charge is 0.347 e. The third-order valence-electron chi connectivity index (χ3n) is 3.26. The molecule has 1 aliphatic carbocycles. The molecule has 1 fully saturated rings. The Labute approximate surface area is 123 Å². The van der Waals surface area contributed by atoms with Gasteiger partial charge in [0.05, 0.1) is 19.3 Å². The zero-order valence-corrected chi connectivity index (χ0v) is 12.3. The molecule has 2 aromatic rings. The third kappa shape index (κ3) is 3.90. The first-order valence-electron chi connectivity index (χ1n) is 6.87. The summed E-state index contributed by atoms with van der Waals surface area (Å²) in [5, 5.41) is 7.44. The van der Waals surface area contributed by atoms with Crippen LogP contribution in [0.1, 0.15) is 18.7 Å². The van der Waals surface area contributed by atoms with Crippen molar-refractivity contribution in [2.45, 2.75) is 36.9 Å². The number of H-pyrrole nitrogens is 1. The van der Waals surface area contributed by atoms with Crippen LogP contribution in [0.2, 0.25) is 0 Å². The van der Waals surface area contributed by atoms with E-state index in [0.29, 0.717) is 18.4 Å². The van der Waals surface area contributed by atoms with Crippen molar-refractivity contribution < 1.29 is 8.42 Å². The number of hydrogen-bond acceptors (Lipinski definition) is 5. The van der Waals surface area contributed by atoms with Crippen molar-refractivity contribution in [3.05, 3.63) is 30.6 Å². The van der Waals surface area contributed by atoms with Crippen molar-refractivity contribution >= 4 is 10.0 Å². The molecular formula is C12H18N6O2S. The number of aromatic amines is 1. The van der Waals surface area contributed by atoms with Gasteiger partial charge in [-0.15, -0.1) is 0 Å². The van der Waals surface area contributed by atoms with Crippen LogP contribution >= 0.6 is 0 Å². The number of imidazole rings is 1. The molecule has 1 aliphatic rings. The van der Waals surface area contributed by atoms with E-state index in [1.54, 1.807) is 23.3 Å². The lowest BCUT2D eigenvalue weighted by Gasteiger charge is -2.03. The Morgan fingerprint density at radius 2 is 2.29 bits per heavy atom. The molecule has 21 heavy (non-hydrogen) atoms. The van der Waals surface area contributed by atoms with E-state index in [1.807, 2.05) is 0 Å². The normalized spacial score (nSPS) is 15.4. The molecular weight excluding hydrogens is 292 g/mol. The average molecular weight is 310 g/mol. The number of sulfonamides is 1. The lowest BCUT2D eigenvalue weighted by atomic mass is 10.6. The molecule has 0 aliphatic heterocycles. The minimum atomic E-state index is -3.56. The fourth-order valence-corrected chi connectivity index (χ4v) is 2.86. The Kier molecular flexibility index (Phi) is 4.04. The second-order valence-corrected chi connectivity index (χ2v) is 6.79. The summed E-state index contributed by atoms with van der Waals surface area (Å²) in [7, 11) is -3.56. The van der Waals surface area contributed by atoms with Crippen molar-refractivity contribution in [2.75, 3.05) is 6.54 Å². The predicted molar refractivity (Wildman–Crippen MR) is 75.9 cm³/mol. The average Bonchev–Trinajstić information content (AvgIpc) is 2.94. The minimum absolute atomic E-state index is 0.129. The van der Waals surface area contributed by atoms with E-state index in [1.165, 1.54) is 19.0 Å². The molecule has 1 saturated carbocycles. The summed E-state index contributed by atoms with van der Waals surface area (Å²) < 4.78 is 28.3. The van der Waals surface area contributed by atoms with Crippen molar-refractivity contribution in [2.24, 2.45) is 0 Å². The van der Waals surface area contributed by atoms with E-state index in [0.717, 1.165) is 6.54 Å². The molecule has 8 nitrogen and oxygen atoms in total. The second-order valence-electron chi connectivity index (χ2n) is 5.03. The molecule has 3 N–H and O–H groups in total. The Bertz CT molecular complexity index is 674. The minimum Gasteiger partial charge on any atom is -0.347 e. The molecule has 0 amide bonds. The summed E-state index contributed by atoms with van der Waals surface area (Å²) >= 11 is 0. The number of nitrogens with one attached hydrogen (secondary N) is 3. The summed E-state index contributed by atoms with van der Waals surface area (Å²) in [6.07, 6.45) is 8.59. The van der Waals surface area contributed by atoms with Gasteiger partial charge in [0.2, 0.25) is 10.0 Å². The molecule has 0 spiro atoms. The van der Waals surface area contributed by atoms with E-state index in [2.05, 4.69) is 25.1 Å². The topological polar surface area (TPSA) is 105 Å².